The maximum atomic E-state index is 11.4. The van der Waals surface area contributed by atoms with Crippen molar-refractivity contribution in [1.29, 1.82) is 0 Å². The topological polar surface area (TPSA) is 42.2 Å². The van der Waals surface area contributed by atoms with Gasteiger partial charge in [0.1, 0.15) is 0 Å². The molecule has 0 aliphatic rings. The molecule has 1 aromatic heterocycles. The van der Waals surface area contributed by atoms with Crippen LogP contribution in [0.1, 0.15) is 74.5 Å². The number of carboxylic acids is 1. The first-order valence-corrected chi connectivity index (χ1v) is 7.77. The summed E-state index contributed by atoms with van der Waals surface area (Å²) >= 11 is 0. The zero-order chi connectivity index (χ0) is 15.7. The lowest BCUT2D eigenvalue weighted by Crippen LogP contribution is -2.04. The van der Waals surface area contributed by atoms with Crippen LogP contribution in [-0.4, -0.2) is 15.6 Å². The summed E-state index contributed by atoms with van der Waals surface area (Å²) in [6.07, 6.45) is 4.25. The second-order valence-electron chi connectivity index (χ2n) is 6.33. The van der Waals surface area contributed by atoms with Crippen LogP contribution < -0.4 is 0 Å². The summed E-state index contributed by atoms with van der Waals surface area (Å²) in [6, 6.07) is 4.04. The van der Waals surface area contributed by atoms with Crippen LogP contribution in [-0.2, 0) is 6.42 Å². The predicted octanol–water partition coefficient (Wildman–Crippen LogP) is 5.00. The highest BCUT2D eigenvalue weighted by Gasteiger charge is 2.18. The van der Waals surface area contributed by atoms with Gasteiger partial charge in [-0.3, -0.25) is 0 Å². The van der Waals surface area contributed by atoms with Gasteiger partial charge in [0.25, 0.3) is 0 Å². The van der Waals surface area contributed by atoms with Crippen LogP contribution in [0.4, 0.5) is 0 Å². The van der Waals surface area contributed by atoms with Crippen molar-refractivity contribution in [3.63, 3.8) is 0 Å². The van der Waals surface area contributed by atoms with Gasteiger partial charge in [-0.25, -0.2) is 4.79 Å². The Hall–Kier alpha value is -1.77. The number of aromatic carboxylic acids is 1. The molecule has 0 amide bonds. The third-order valence-electron chi connectivity index (χ3n) is 3.98. The van der Waals surface area contributed by atoms with Crippen molar-refractivity contribution in [2.45, 2.75) is 59.4 Å². The van der Waals surface area contributed by atoms with Gasteiger partial charge in [-0.2, -0.15) is 0 Å². The van der Waals surface area contributed by atoms with E-state index in [1.54, 1.807) is 0 Å². The summed E-state index contributed by atoms with van der Waals surface area (Å²) in [5.74, 6) is -0.549. The van der Waals surface area contributed by atoms with E-state index >= 15 is 0 Å². The Morgan fingerprint density at radius 1 is 1.24 bits per heavy atom. The zero-order valence-corrected chi connectivity index (χ0v) is 13.6. The van der Waals surface area contributed by atoms with Crippen molar-refractivity contribution in [3.8, 4) is 0 Å². The van der Waals surface area contributed by atoms with E-state index in [-0.39, 0.29) is 0 Å². The molecule has 0 aliphatic heterocycles. The first-order chi connectivity index (χ1) is 9.86. The van der Waals surface area contributed by atoms with Gasteiger partial charge >= 0.3 is 5.97 Å². The first kappa shape index (κ1) is 15.6. The smallest absolute Gasteiger partial charge is 0.335 e. The molecule has 0 radical (unpaired) electrons. The number of aromatic nitrogens is 1. The molecule has 2 rings (SSSR count). The molecule has 1 N–H and O–H groups in total. The van der Waals surface area contributed by atoms with Gasteiger partial charge in [-0.1, -0.05) is 27.2 Å². The quantitative estimate of drug-likeness (QED) is 0.841. The Bertz CT molecular complexity index is 665. The van der Waals surface area contributed by atoms with E-state index < -0.39 is 5.97 Å². The SMILES string of the molecule is CCCc1cn(C(C)C)c2c(C(C)C)cc(C(=O)O)cc12. The molecule has 2 aromatic rings. The van der Waals surface area contributed by atoms with Crippen LogP contribution in [0, 0.1) is 0 Å². The Kier molecular flexibility index (Phi) is 4.40. The Morgan fingerprint density at radius 3 is 2.38 bits per heavy atom. The number of carboxylic acid groups (broad SMARTS) is 1. The summed E-state index contributed by atoms with van der Waals surface area (Å²) in [4.78, 5) is 11.4. The number of benzene rings is 1. The molecule has 3 heteroatoms. The van der Waals surface area contributed by atoms with Gasteiger partial charge in [-0.15, -0.1) is 0 Å². The molecule has 1 heterocycles. The van der Waals surface area contributed by atoms with E-state index in [0.717, 1.165) is 23.8 Å². The molecule has 0 saturated carbocycles. The van der Waals surface area contributed by atoms with Crippen LogP contribution in [0.2, 0.25) is 0 Å². The first-order valence-electron chi connectivity index (χ1n) is 7.77. The van der Waals surface area contributed by atoms with E-state index in [1.165, 1.54) is 11.1 Å². The highest BCUT2D eigenvalue weighted by Crippen LogP contribution is 2.33. The average Bonchev–Trinajstić information content (AvgIpc) is 2.77. The van der Waals surface area contributed by atoms with Crippen molar-refractivity contribution < 1.29 is 9.90 Å². The van der Waals surface area contributed by atoms with Gasteiger partial charge in [-0.05, 0) is 49.4 Å². The van der Waals surface area contributed by atoms with E-state index in [2.05, 4.69) is 45.4 Å². The summed E-state index contributed by atoms with van der Waals surface area (Å²) in [5, 5.41) is 10.5. The van der Waals surface area contributed by atoms with Crippen LogP contribution in [0.15, 0.2) is 18.3 Å². The molecule has 0 atom stereocenters. The van der Waals surface area contributed by atoms with Crippen molar-refractivity contribution in [3.05, 3.63) is 35.0 Å². The minimum absolute atomic E-state index is 0.300. The Morgan fingerprint density at radius 2 is 1.90 bits per heavy atom. The normalized spacial score (nSPS) is 11.8. The minimum Gasteiger partial charge on any atom is -0.478 e. The summed E-state index contributed by atoms with van der Waals surface area (Å²) in [7, 11) is 0. The van der Waals surface area contributed by atoms with E-state index in [4.69, 9.17) is 0 Å². The van der Waals surface area contributed by atoms with Crippen molar-refractivity contribution in [1.82, 2.24) is 4.57 Å². The third kappa shape index (κ3) is 2.82. The molecule has 0 spiro atoms. The lowest BCUT2D eigenvalue weighted by atomic mass is 9.95. The Labute approximate surface area is 126 Å². The molecule has 0 saturated heterocycles. The van der Waals surface area contributed by atoms with E-state index in [0.29, 0.717) is 17.5 Å². The number of hydrogen-bond acceptors (Lipinski definition) is 1. The lowest BCUT2D eigenvalue weighted by Gasteiger charge is -2.15. The van der Waals surface area contributed by atoms with Crippen LogP contribution in [0.3, 0.4) is 0 Å². The fourth-order valence-electron chi connectivity index (χ4n) is 2.93. The number of hydrogen-bond donors (Lipinski definition) is 1. The van der Waals surface area contributed by atoms with Crippen molar-refractivity contribution >= 4 is 16.9 Å². The average molecular weight is 287 g/mol. The fourth-order valence-corrected chi connectivity index (χ4v) is 2.93. The standard InChI is InChI=1S/C18H25NO2/c1-6-7-13-10-19(12(4)5)17-15(11(2)3)8-14(18(20)21)9-16(13)17/h8-12H,6-7H2,1-5H3,(H,20,21). The summed E-state index contributed by atoms with van der Waals surface area (Å²) < 4.78 is 2.29. The second kappa shape index (κ2) is 5.92. The second-order valence-corrected chi connectivity index (χ2v) is 6.33. The summed E-state index contributed by atoms with van der Waals surface area (Å²) in [5.41, 5.74) is 3.98. The highest BCUT2D eigenvalue weighted by atomic mass is 16.4. The van der Waals surface area contributed by atoms with Crippen molar-refractivity contribution in [2.75, 3.05) is 0 Å². The Balaban J connectivity index is 2.86. The van der Waals surface area contributed by atoms with Crippen molar-refractivity contribution in [2.24, 2.45) is 0 Å². The van der Waals surface area contributed by atoms with Gasteiger partial charge < -0.3 is 9.67 Å². The molecule has 0 unspecified atom stereocenters. The molecule has 114 valence electrons. The molecule has 3 nitrogen and oxygen atoms in total. The highest BCUT2D eigenvalue weighted by molar-refractivity contribution is 5.97. The maximum absolute atomic E-state index is 11.4. The number of rotatable bonds is 5. The van der Waals surface area contributed by atoms with Crippen LogP contribution >= 0.6 is 0 Å². The number of fused-ring (bicyclic) bond motifs is 1. The van der Waals surface area contributed by atoms with Gasteiger partial charge in [0.05, 0.1) is 11.1 Å². The van der Waals surface area contributed by atoms with Gasteiger partial charge in [0, 0.05) is 17.6 Å². The van der Waals surface area contributed by atoms with E-state index in [1.807, 2.05) is 12.1 Å². The molecular weight excluding hydrogens is 262 g/mol. The third-order valence-corrected chi connectivity index (χ3v) is 3.98. The monoisotopic (exact) mass is 287 g/mol. The van der Waals surface area contributed by atoms with Crippen LogP contribution in [0.5, 0.6) is 0 Å². The molecule has 21 heavy (non-hydrogen) atoms. The molecule has 0 bridgehead atoms. The number of aryl methyl sites for hydroxylation is 1. The lowest BCUT2D eigenvalue weighted by molar-refractivity contribution is 0.0697. The summed E-state index contributed by atoms with van der Waals surface area (Å²) in [6.45, 7) is 10.7. The van der Waals surface area contributed by atoms with Gasteiger partial charge in [0.2, 0.25) is 0 Å². The molecular formula is C18H25NO2. The van der Waals surface area contributed by atoms with E-state index in [9.17, 15) is 9.90 Å². The number of carbonyl (C=O) groups is 1. The minimum atomic E-state index is -0.849. The largest absolute Gasteiger partial charge is 0.478 e. The zero-order valence-electron chi connectivity index (χ0n) is 13.6. The fraction of sp³-hybridized carbons (Fsp3) is 0.500. The van der Waals surface area contributed by atoms with Gasteiger partial charge in [0.15, 0.2) is 0 Å². The molecule has 0 fully saturated rings. The molecule has 1 aromatic carbocycles. The predicted molar refractivity (Wildman–Crippen MR) is 87.4 cm³/mol. The molecule has 0 aliphatic carbocycles. The number of nitrogens with zero attached hydrogens (tertiary/aromatic N) is 1. The van der Waals surface area contributed by atoms with Crippen LogP contribution in [0.25, 0.3) is 10.9 Å². The maximum Gasteiger partial charge on any atom is 0.335 e.